The minimum atomic E-state index is -0.139. The zero-order chi connectivity index (χ0) is 21.8. The fraction of sp³-hybridized carbons (Fsp3) is 0.261. The lowest BCUT2D eigenvalue weighted by Crippen LogP contribution is -2.41. The van der Waals surface area contributed by atoms with Crippen LogP contribution in [0.4, 0.5) is 5.69 Å². The number of ether oxygens (including phenoxy) is 1. The number of amides is 2. The predicted molar refractivity (Wildman–Crippen MR) is 122 cm³/mol. The molecule has 1 N–H and O–H groups in total. The average molecular weight is 437 g/mol. The summed E-state index contributed by atoms with van der Waals surface area (Å²) in [5, 5.41) is 4.74. The first-order valence-electron chi connectivity index (χ1n) is 10.1. The number of allylic oxidation sites excluding steroid dienone is 3. The second kappa shape index (κ2) is 9.28. The van der Waals surface area contributed by atoms with Crippen molar-refractivity contribution in [1.29, 1.82) is 0 Å². The number of fused-ring (bicyclic) bond motifs is 1. The molecule has 8 heteroatoms. The van der Waals surface area contributed by atoms with Gasteiger partial charge in [-0.05, 0) is 26.0 Å². The highest BCUT2D eigenvalue weighted by atomic mass is 32.1. The highest BCUT2D eigenvalue weighted by Gasteiger charge is 2.22. The third-order valence-electron chi connectivity index (χ3n) is 5.06. The molecule has 2 amide bonds. The SMILES string of the molecule is C/C=C\C=C(/C)C(=O)Nc1ccc(-c2cn3c(C(=O)N4CCOCC4)csc3n2)cc1. The van der Waals surface area contributed by atoms with E-state index in [4.69, 9.17) is 4.74 Å². The fourth-order valence-corrected chi connectivity index (χ4v) is 4.12. The first-order chi connectivity index (χ1) is 15.1. The number of thiazole rings is 1. The molecule has 160 valence electrons. The van der Waals surface area contributed by atoms with Gasteiger partial charge in [-0.25, -0.2) is 4.98 Å². The second-order valence-corrected chi connectivity index (χ2v) is 8.05. The molecular weight excluding hydrogens is 412 g/mol. The van der Waals surface area contributed by atoms with Gasteiger partial charge in [-0.15, -0.1) is 11.3 Å². The van der Waals surface area contributed by atoms with E-state index in [1.165, 1.54) is 11.3 Å². The first kappa shape index (κ1) is 21.0. The number of nitrogens with one attached hydrogen (secondary N) is 1. The zero-order valence-corrected chi connectivity index (χ0v) is 18.3. The van der Waals surface area contributed by atoms with Gasteiger partial charge in [0, 0.05) is 41.5 Å². The van der Waals surface area contributed by atoms with E-state index in [9.17, 15) is 9.59 Å². The van der Waals surface area contributed by atoms with Crippen molar-refractivity contribution in [2.45, 2.75) is 13.8 Å². The Morgan fingerprint density at radius 3 is 2.65 bits per heavy atom. The molecule has 1 fully saturated rings. The van der Waals surface area contributed by atoms with Crippen LogP contribution in [0.2, 0.25) is 0 Å². The van der Waals surface area contributed by atoms with Crippen LogP contribution >= 0.6 is 11.3 Å². The maximum absolute atomic E-state index is 12.9. The maximum atomic E-state index is 12.9. The molecule has 2 aromatic heterocycles. The van der Waals surface area contributed by atoms with Crippen LogP contribution in [-0.2, 0) is 9.53 Å². The Labute approximate surface area is 184 Å². The quantitative estimate of drug-likeness (QED) is 0.485. The smallest absolute Gasteiger partial charge is 0.271 e. The lowest BCUT2D eigenvalue weighted by atomic mass is 10.1. The van der Waals surface area contributed by atoms with Crippen molar-refractivity contribution in [2.24, 2.45) is 0 Å². The number of morpholine rings is 1. The zero-order valence-electron chi connectivity index (χ0n) is 17.5. The van der Waals surface area contributed by atoms with Gasteiger partial charge in [0.25, 0.3) is 11.8 Å². The number of carbonyl (C=O) groups is 2. The van der Waals surface area contributed by atoms with Gasteiger partial charge in [-0.2, -0.15) is 0 Å². The molecule has 4 rings (SSSR count). The van der Waals surface area contributed by atoms with Crippen LogP contribution in [0.25, 0.3) is 16.2 Å². The highest BCUT2D eigenvalue weighted by molar-refractivity contribution is 7.15. The summed E-state index contributed by atoms with van der Waals surface area (Å²) < 4.78 is 7.19. The standard InChI is InChI=1S/C23H24N4O3S/c1-3-4-5-16(2)21(28)24-18-8-6-17(7-9-18)19-14-27-20(15-31-23(27)25-19)22(29)26-10-12-30-13-11-26/h3-9,14-15H,10-13H2,1-2H3,(H,24,28)/b4-3-,16-5+. The highest BCUT2D eigenvalue weighted by Crippen LogP contribution is 2.26. The molecule has 1 aromatic carbocycles. The van der Waals surface area contributed by atoms with Gasteiger partial charge in [0.05, 0.1) is 18.9 Å². The topological polar surface area (TPSA) is 75.9 Å². The van der Waals surface area contributed by atoms with Crippen LogP contribution in [-0.4, -0.2) is 52.4 Å². The fourth-order valence-electron chi connectivity index (χ4n) is 3.28. The van der Waals surface area contributed by atoms with Crippen LogP contribution in [0.15, 0.2) is 59.6 Å². The van der Waals surface area contributed by atoms with E-state index < -0.39 is 0 Å². The molecule has 1 saturated heterocycles. The van der Waals surface area contributed by atoms with E-state index in [2.05, 4.69) is 10.3 Å². The molecule has 0 radical (unpaired) electrons. The number of benzene rings is 1. The largest absolute Gasteiger partial charge is 0.378 e. The van der Waals surface area contributed by atoms with Crippen LogP contribution < -0.4 is 5.32 Å². The number of hydrogen-bond acceptors (Lipinski definition) is 5. The second-order valence-electron chi connectivity index (χ2n) is 7.21. The Morgan fingerprint density at radius 2 is 1.94 bits per heavy atom. The van der Waals surface area contributed by atoms with Crippen molar-refractivity contribution in [3.05, 3.63) is 65.3 Å². The summed E-state index contributed by atoms with van der Waals surface area (Å²) in [5.74, 6) is -0.141. The minimum absolute atomic E-state index is 0.00194. The average Bonchev–Trinajstić information content (AvgIpc) is 3.39. The number of carbonyl (C=O) groups excluding carboxylic acids is 2. The Bertz CT molecular complexity index is 1150. The van der Waals surface area contributed by atoms with Crippen LogP contribution in [0.1, 0.15) is 24.3 Å². The van der Waals surface area contributed by atoms with Crippen LogP contribution in [0.5, 0.6) is 0 Å². The van der Waals surface area contributed by atoms with E-state index in [1.807, 2.05) is 64.2 Å². The van der Waals surface area contributed by atoms with Crippen molar-refractivity contribution in [3.63, 3.8) is 0 Å². The summed E-state index contributed by atoms with van der Waals surface area (Å²) >= 11 is 1.45. The lowest BCUT2D eigenvalue weighted by Gasteiger charge is -2.26. The van der Waals surface area contributed by atoms with Gasteiger partial charge in [0.15, 0.2) is 4.96 Å². The molecule has 1 aliphatic heterocycles. The number of aromatic nitrogens is 2. The predicted octanol–water partition coefficient (Wildman–Crippen LogP) is 4.00. The summed E-state index contributed by atoms with van der Waals surface area (Å²) in [5.41, 5.74) is 3.66. The molecule has 7 nitrogen and oxygen atoms in total. The van der Waals surface area contributed by atoms with Gasteiger partial charge in [-0.3, -0.25) is 14.0 Å². The summed E-state index contributed by atoms with van der Waals surface area (Å²) in [6, 6.07) is 7.53. The molecular formula is C23H24N4O3S. The van der Waals surface area contributed by atoms with Crippen molar-refractivity contribution >= 4 is 33.8 Å². The Morgan fingerprint density at radius 1 is 1.19 bits per heavy atom. The molecule has 0 spiro atoms. The molecule has 0 bridgehead atoms. The molecule has 1 aliphatic rings. The molecule has 0 atom stereocenters. The van der Waals surface area contributed by atoms with Crippen molar-refractivity contribution in [3.8, 4) is 11.3 Å². The van der Waals surface area contributed by atoms with Gasteiger partial charge in [-0.1, -0.05) is 30.4 Å². The molecule has 3 heterocycles. The van der Waals surface area contributed by atoms with Gasteiger partial charge in [0.1, 0.15) is 5.69 Å². The third-order valence-corrected chi connectivity index (χ3v) is 5.90. The molecule has 3 aromatic rings. The summed E-state index contributed by atoms with van der Waals surface area (Å²) in [6.07, 6.45) is 7.37. The number of nitrogens with zero attached hydrogens (tertiary/aromatic N) is 3. The summed E-state index contributed by atoms with van der Waals surface area (Å²) in [4.78, 5) is 32.3. The number of hydrogen-bond donors (Lipinski definition) is 1. The van der Waals surface area contributed by atoms with Crippen LogP contribution in [0.3, 0.4) is 0 Å². The Balaban J connectivity index is 1.51. The Kier molecular flexibility index (Phi) is 6.29. The molecule has 0 aliphatic carbocycles. The van der Waals surface area contributed by atoms with Gasteiger partial charge < -0.3 is 15.0 Å². The number of rotatable bonds is 5. The van der Waals surface area contributed by atoms with E-state index in [0.29, 0.717) is 43.3 Å². The van der Waals surface area contributed by atoms with E-state index in [0.717, 1.165) is 16.2 Å². The third kappa shape index (κ3) is 4.60. The van der Waals surface area contributed by atoms with Crippen molar-refractivity contribution in [2.75, 3.05) is 31.6 Å². The van der Waals surface area contributed by atoms with Crippen LogP contribution in [0, 0.1) is 0 Å². The number of imidazole rings is 1. The van der Waals surface area contributed by atoms with E-state index in [1.54, 1.807) is 13.0 Å². The van der Waals surface area contributed by atoms with E-state index >= 15 is 0 Å². The van der Waals surface area contributed by atoms with Crippen molar-refractivity contribution in [1.82, 2.24) is 14.3 Å². The van der Waals surface area contributed by atoms with Gasteiger partial charge in [0.2, 0.25) is 0 Å². The summed E-state index contributed by atoms with van der Waals surface area (Å²) in [6.45, 7) is 6.03. The molecule has 0 saturated carbocycles. The molecule has 0 unspecified atom stereocenters. The molecule has 31 heavy (non-hydrogen) atoms. The summed E-state index contributed by atoms with van der Waals surface area (Å²) in [7, 11) is 0. The lowest BCUT2D eigenvalue weighted by molar-refractivity contribution is -0.112. The maximum Gasteiger partial charge on any atom is 0.271 e. The Hall–Kier alpha value is -3.23. The monoisotopic (exact) mass is 436 g/mol. The number of anilines is 1. The first-order valence-corrected chi connectivity index (χ1v) is 11.0. The normalized spacial score (nSPS) is 15.0. The van der Waals surface area contributed by atoms with Gasteiger partial charge >= 0.3 is 0 Å². The van der Waals surface area contributed by atoms with E-state index in [-0.39, 0.29) is 11.8 Å². The van der Waals surface area contributed by atoms with Crippen molar-refractivity contribution < 1.29 is 14.3 Å². The minimum Gasteiger partial charge on any atom is -0.378 e.